The van der Waals surface area contributed by atoms with Gasteiger partial charge in [-0.05, 0) is 96.6 Å². The van der Waals surface area contributed by atoms with Crippen LogP contribution in [0.5, 0.6) is 17.2 Å². The predicted octanol–water partition coefficient (Wildman–Crippen LogP) is 9.72. The lowest BCUT2D eigenvalue weighted by atomic mass is 9.72. The number of rotatable bonds is 11. The molecule has 296 valence electrons. The maximum atomic E-state index is 13.9. The van der Waals surface area contributed by atoms with Crippen molar-refractivity contribution in [3.8, 4) is 17.2 Å². The summed E-state index contributed by atoms with van der Waals surface area (Å²) in [7, 11) is 0. The van der Waals surface area contributed by atoms with Crippen LogP contribution in [0, 0.1) is 15.5 Å². The largest absolute Gasteiger partial charge is 0.489 e. The molecule has 0 saturated carbocycles. The van der Waals surface area contributed by atoms with Crippen LogP contribution in [0.15, 0.2) is 89.6 Å². The molecule has 0 bridgehead atoms. The Labute approximate surface area is 341 Å². The Morgan fingerprint density at radius 1 is 1.11 bits per heavy atom. The number of nitrogens with one attached hydrogen (secondary N) is 3. The number of halogens is 1. The van der Waals surface area contributed by atoms with Gasteiger partial charge in [0.2, 0.25) is 0 Å². The van der Waals surface area contributed by atoms with Crippen LogP contribution in [0.3, 0.4) is 0 Å². The first-order valence-corrected chi connectivity index (χ1v) is 20.6. The Balaban J connectivity index is 0.999. The van der Waals surface area contributed by atoms with Crippen molar-refractivity contribution in [3.05, 3.63) is 111 Å². The molecule has 1 amide bonds. The zero-order valence-electron chi connectivity index (χ0n) is 32.3. The molecule has 1 fully saturated rings. The quantitative estimate of drug-likeness (QED) is 0.0672. The molecule has 1 saturated heterocycles. The first kappa shape index (κ1) is 38.6. The third-order valence-corrected chi connectivity index (χ3v) is 12.1. The highest BCUT2D eigenvalue weighted by Crippen LogP contribution is 2.44. The zero-order valence-corrected chi connectivity index (χ0v) is 33.8. The van der Waals surface area contributed by atoms with Crippen molar-refractivity contribution in [2.24, 2.45) is 5.41 Å². The van der Waals surface area contributed by atoms with Crippen molar-refractivity contribution in [2.75, 3.05) is 49.5 Å². The minimum Gasteiger partial charge on any atom is -0.489 e. The van der Waals surface area contributed by atoms with E-state index in [0.717, 1.165) is 85.7 Å². The van der Waals surface area contributed by atoms with Crippen LogP contribution in [0.1, 0.15) is 62.4 Å². The van der Waals surface area contributed by atoms with E-state index in [4.69, 9.17) is 21.1 Å². The Morgan fingerprint density at radius 2 is 1.91 bits per heavy atom. The van der Waals surface area contributed by atoms with Crippen molar-refractivity contribution >= 4 is 63.1 Å². The highest BCUT2D eigenvalue weighted by atomic mass is 35.5. The maximum absolute atomic E-state index is 13.9. The van der Waals surface area contributed by atoms with E-state index in [2.05, 4.69) is 55.8 Å². The summed E-state index contributed by atoms with van der Waals surface area (Å²) in [5.74, 6) is 0.842. The van der Waals surface area contributed by atoms with E-state index in [0.29, 0.717) is 40.0 Å². The van der Waals surface area contributed by atoms with Crippen LogP contribution in [0.4, 0.5) is 17.1 Å². The van der Waals surface area contributed by atoms with Crippen molar-refractivity contribution in [1.82, 2.24) is 19.6 Å². The molecule has 1 aliphatic carbocycles. The number of carbonyl (C=O) groups excluding carboxylic acids is 1. The number of nitro groups is 1. The van der Waals surface area contributed by atoms with Gasteiger partial charge in [-0.25, -0.2) is 4.98 Å². The number of anilines is 2. The molecule has 8 rings (SSSR count). The molecule has 2 aliphatic heterocycles. The van der Waals surface area contributed by atoms with Gasteiger partial charge in [0, 0.05) is 72.0 Å². The monoisotopic (exact) mass is 807 g/mol. The number of allylic oxidation sites excluding steroid dienone is 1. The summed E-state index contributed by atoms with van der Waals surface area (Å²) < 4.78 is 15.2. The molecule has 5 aromatic rings. The van der Waals surface area contributed by atoms with Gasteiger partial charge in [0.25, 0.3) is 11.6 Å². The number of hydrogen-bond acceptors (Lipinski definition) is 10. The normalized spacial score (nSPS) is 18.1. The third kappa shape index (κ3) is 8.70. The number of carbonyl (C=O) groups is 1. The second-order valence-electron chi connectivity index (χ2n) is 15.7. The summed E-state index contributed by atoms with van der Waals surface area (Å²) in [6.45, 7) is 11.5. The van der Waals surface area contributed by atoms with Crippen molar-refractivity contribution in [3.63, 3.8) is 0 Å². The van der Waals surface area contributed by atoms with Gasteiger partial charge in [-0.2, -0.15) is 0 Å². The number of pyridine rings is 1. The number of benzene rings is 3. The van der Waals surface area contributed by atoms with Crippen LogP contribution >= 0.6 is 23.5 Å². The fourth-order valence-electron chi connectivity index (χ4n) is 7.83. The molecule has 57 heavy (non-hydrogen) atoms. The molecular weight excluding hydrogens is 762 g/mol. The first-order chi connectivity index (χ1) is 27.5. The molecule has 0 radical (unpaired) electrons. The van der Waals surface area contributed by atoms with Crippen molar-refractivity contribution < 1.29 is 19.2 Å². The average Bonchev–Trinajstić information content (AvgIpc) is 3.69. The molecule has 2 aromatic heterocycles. The van der Waals surface area contributed by atoms with Gasteiger partial charge in [0.1, 0.15) is 23.8 Å². The number of fused-ring (bicyclic) bond motifs is 2. The van der Waals surface area contributed by atoms with Crippen LogP contribution < -0.4 is 24.4 Å². The summed E-state index contributed by atoms with van der Waals surface area (Å²) in [6.07, 6.45) is 7.52. The molecule has 0 spiro atoms. The fraction of sp³-hybridized carbons (Fsp3) is 0.349. The number of H-pyrrole nitrogens is 1. The van der Waals surface area contributed by atoms with E-state index in [9.17, 15) is 14.9 Å². The van der Waals surface area contributed by atoms with Gasteiger partial charge >= 0.3 is 0 Å². The van der Waals surface area contributed by atoms with E-state index in [1.165, 1.54) is 29.2 Å². The summed E-state index contributed by atoms with van der Waals surface area (Å²) in [5.41, 5.74) is 6.74. The molecule has 12 nitrogen and oxygen atoms in total. The smallest absolute Gasteiger partial charge is 0.297 e. The minimum absolute atomic E-state index is 0.0196. The van der Waals surface area contributed by atoms with Crippen LogP contribution in [0.25, 0.3) is 16.6 Å². The topological polar surface area (TPSA) is 138 Å². The SMILES string of the molecule is CC[C@@H]1COc2cc(SNC(=O)c3ccc(N4CCN(CC5=C(c6ccc(Cl)cc6)CC(C)(C)CC5)CC4)cc3Oc3cnc4[nH]ccc4c3)cc([N+](=O)[O-])c2N1. The predicted molar refractivity (Wildman–Crippen MR) is 227 cm³/mol. The summed E-state index contributed by atoms with van der Waals surface area (Å²) in [5, 5.41) is 16.9. The standard InChI is InChI=1S/C43H46ClN7O5S/c1-4-31-26-55-39-22-34(21-37(51(53)54)40(39)47-31)57-48-42(52)35-10-9-32(20-38(35)56-33-19-28-12-14-45-41(28)46-24-33)50-17-15-49(16-18-50)25-29-11-13-43(2,3)23-36(29)27-5-7-30(44)8-6-27/h5-10,12,14,19-22,24,31,47H,4,11,13,15-18,23,25-26H2,1-3H3,(H,45,46)(H,48,52)/t31-/m1/s1. The highest BCUT2D eigenvalue weighted by Gasteiger charge is 2.30. The lowest BCUT2D eigenvalue weighted by Crippen LogP contribution is -2.47. The van der Waals surface area contributed by atoms with Crippen LogP contribution in [-0.2, 0) is 0 Å². The number of piperazine rings is 1. The molecule has 3 aliphatic rings. The van der Waals surface area contributed by atoms with E-state index in [1.807, 2.05) is 49.5 Å². The molecule has 14 heteroatoms. The highest BCUT2D eigenvalue weighted by molar-refractivity contribution is 7.98. The lowest BCUT2D eigenvalue weighted by molar-refractivity contribution is -0.384. The molecule has 0 unspecified atom stereocenters. The Hall–Kier alpha value is -5.24. The Kier molecular flexibility index (Phi) is 11.1. The van der Waals surface area contributed by atoms with Crippen LogP contribution in [0.2, 0.25) is 5.02 Å². The number of aromatic amines is 1. The number of ether oxygens (including phenoxy) is 2. The van der Waals surface area contributed by atoms with E-state index < -0.39 is 10.8 Å². The average molecular weight is 808 g/mol. The van der Waals surface area contributed by atoms with E-state index in [-0.39, 0.29) is 17.1 Å². The van der Waals surface area contributed by atoms with Crippen LogP contribution in [-0.4, -0.2) is 71.1 Å². The lowest BCUT2D eigenvalue weighted by Gasteiger charge is -2.39. The van der Waals surface area contributed by atoms with Gasteiger partial charge in [-0.15, -0.1) is 0 Å². The first-order valence-electron chi connectivity index (χ1n) is 19.4. The number of amides is 1. The second kappa shape index (κ2) is 16.3. The van der Waals surface area contributed by atoms with Crippen molar-refractivity contribution in [1.29, 1.82) is 0 Å². The summed E-state index contributed by atoms with van der Waals surface area (Å²) in [6, 6.07) is 20.8. The van der Waals surface area contributed by atoms with Gasteiger partial charge in [-0.3, -0.25) is 24.5 Å². The minimum atomic E-state index is -0.439. The zero-order chi connectivity index (χ0) is 39.7. The van der Waals surface area contributed by atoms with Gasteiger partial charge in [0.15, 0.2) is 11.4 Å². The van der Waals surface area contributed by atoms with Crippen molar-refractivity contribution in [2.45, 2.75) is 57.4 Å². The van der Waals surface area contributed by atoms with E-state index >= 15 is 0 Å². The van der Waals surface area contributed by atoms with Gasteiger partial charge in [-0.1, -0.05) is 50.1 Å². The molecular formula is C43H46ClN7O5S. The number of aromatic nitrogens is 2. The Morgan fingerprint density at radius 3 is 2.68 bits per heavy atom. The molecule has 3 N–H and O–H groups in total. The molecule has 4 heterocycles. The number of hydrogen-bond donors (Lipinski definition) is 3. The molecule has 1 atom stereocenters. The maximum Gasteiger partial charge on any atom is 0.297 e. The second-order valence-corrected chi connectivity index (χ2v) is 17.0. The van der Waals surface area contributed by atoms with Gasteiger partial charge in [0.05, 0.1) is 22.7 Å². The number of nitro benzene ring substituents is 1. The molecule has 3 aromatic carbocycles. The van der Waals surface area contributed by atoms with Gasteiger partial charge < -0.3 is 24.7 Å². The Bertz CT molecular complexity index is 2340. The third-order valence-electron chi connectivity index (χ3n) is 11.1. The summed E-state index contributed by atoms with van der Waals surface area (Å²) in [4.78, 5) is 38.3. The van der Waals surface area contributed by atoms with E-state index in [1.54, 1.807) is 18.3 Å². The number of nitrogens with zero attached hydrogens (tertiary/aromatic N) is 4. The summed E-state index contributed by atoms with van der Waals surface area (Å²) >= 11 is 7.23. The fourth-order valence-corrected chi connectivity index (χ4v) is 8.62.